The van der Waals surface area contributed by atoms with E-state index >= 15 is 0 Å². The number of carbonyl (C=O) groups excluding carboxylic acids is 1. The Kier molecular flexibility index (Phi) is 6.04. The molecule has 1 saturated heterocycles. The van der Waals surface area contributed by atoms with Gasteiger partial charge in [-0.15, -0.1) is 12.4 Å². The molecule has 1 aliphatic heterocycles. The average Bonchev–Trinajstić information content (AvgIpc) is 3.05. The fourth-order valence-electron chi connectivity index (χ4n) is 4.01. The number of hydrogen-bond donors (Lipinski definition) is 1. The summed E-state index contributed by atoms with van der Waals surface area (Å²) in [5.41, 5.74) is 7.01. The average molecular weight is 341 g/mol. The summed E-state index contributed by atoms with van der Waals surface area (Å²) in [6.45, 7) is 2.92. The van der Waals surface area contributed by atoms with Gasteiger partial charge in [-0.05, 0) is 48.8 Å². The number of carbonyl (C=O) groups is 1. The zero-order valence-corrected chi connectivity index (χ0v) is 14.4. The SMILES string of the molecule is CC1CC(c2cccc(F)c2)N(C(=O)C[C@@H]2CCC[C@H]2N)C1.Cl. The molecule has 1 aliphatic carbocycles. The third-order valence-electron chi connectivity index (χ3n) is 5.22. The second-order valence-corrected chi connectivity index (χ2v) is 7.02. The van der Waals surface area contributed by atoms with Crippen molar-refractivity contribution in [3.05, 3.63) is 35.6 Å². The van der Waals surface area contributed by atoms with Crippen molar-refractivity contribution in [1.29, 1.82) is 0 Å². The lowest BCUT2D eigenvalue weighted by molar-refractivity contribution is -0.133. The standard InChI is InChI=1S/C18H25FN2O.ClH/c1-12-8-17(14-5-2-6-15(19)9-14)21(11-12)18(22)10-13-4-3-7-16(13)20;/h2,5-6,9,12-13,16-17H,3-4,7-8,10-11,20H2,1H3;1H/t12?,13-,16+,17?;/m0./s1. The van der Waals surface area contributed by atoms with Crippen molar-refractivity contribution in [1.82, 2.24) is 4.90 Å². The molecule has 4 atom stereocenters. The highest BCUT2D eigenvalue weighted by Gasteiger charge is 2.36. The first kappa shape index (κ1) is 18.2. The van der Waals surface area contributed by atoms with Crippen molar-refractivity contribution < 1.29 is 9.18 Å². The second kappa shape index (κ2) is 7.63. The molecule has 2 unspecified atom stereocenters. The van der Waals surface area contributed by atoms with Crippen LogP contribution in [0.5, 0.6) is 0 Å². The predicted molar refractivity (Wildman–Crippen MR) is 91.8 cm³/mol. The molecule has 3 rings (SSSR count). The lowest BCUT2D eigenvalue weighted by Gasteiger charge is -2.27. The Morgan fingerprint density at radius 2 is 2.17 bits per heavy atom. The number of nitrogens with zero attached hydrogens (tertiary/aromatic N) is 1. The van der Waals surface area contributed by atoms with Gasteiger partial charge in [0.2, 0.25) is 5.91 Å². The minimum atomic E-state index is -0.234. The molecule has 0 spiro atoms. The highest BCUT2D eigenvalue weighted by molar-refractivity contribution is 5.85. The molecule has 128 valence electrons. The minimum absolute atomic E-state index is 0. The van der Waals surface area contributed by atoms with Crippen molar-refractivity contribution in [2.45, 2.75) is 51.1 Å². The normalized spacial score (nSPS) is 30.3. The minimum Gasteiger partial charge on any atom is -0.335 e. The summed E-state index contributed by atoms with van der Waals surface area (Å²) >= 11 is 0. The van der Waals surface area contributed by atoms with E-state index in [9.17, 15) is 9.18 Å². The number of amides is 1. The van der Waals surface area contributed by atoms with Crippen LogP contribution in [-0.4, -0.2) is 23.4 Å². The number of likely N-dealkylation sites (tertiary alicyclic amines) is 1. The summed E-state index contributed by atoms with van der Waals surface area (Å²) in [7, 11) is 0. The van der Waals surface area contributed by atoms with Gasteiger partial charge in [0.25, 0.3) is 0 Å². The van der Waals surface area contributed by atoms with Crippen LogP contribution >= 0.6 is 12.4 Å². The first-order chi connectivity index (χ1) is 10.5. The smallest absolute Gasteiger partial charge is 0.223 e. The summed E-state index contributed by atoms with van der Waals surface area (Å²) in [5.74, 6) is 0.717. The number of halogens is 2. The maximum absolute atomic E-state index is 13.5. The molecule has 1 amide bonds. The Hall–Kier alpha value is -1.13. The van der Waals surface area contributed by atoms with Crippen LogP contribution in [0.15, 0.2) is 24.3 Å². The molecule has 2 fully saturated rings. The van der Waals surface area contributed by atoms with Gasteiger partial charge in [0.05, 0.1) is 6.04 Å². The van der Waals surface area contributed by atoms with Crippen LogP contribution in [0.25, 0.3) is 0 Å². The number of rotatable bonds is 3. The van der Waals surface area contributed by atoms with E-state index in [1.807, 2.05) is 11.0 Å². The molecule has 0 radical (unpaired) electrons. The maximum Gasteiger partial charge on any atom is 0.223 e. The van der Waals surface area contributed by atoms with Gasteiger partial charge in [-0.1, -0.05) is 25.5 Å². The highest BCUT2D eigenvalue weighted by atomic mass is 35.5. The zero-order chi connectivity index (χ0) is 15.7. The number of nitrogens with two attached hydrogens (primary N) is 1. The lowest BCUT2D eigenvalue weighted by atomic mass is 9.98. The molecule has 0 bridgehead atoms. The van der Waals surface area contributed by atoms with Gasteiger partial charge in [0.15, 0.2) is 0 Å². The van der Waals surface area contributed by atoms with Crippen LogP contribution in [0, 0.1) is 17.7 Å². The zero-order valence-electron chi connectivity index (χ0n) is 13.6. The van der Waals surface area contributed by atoms with E-state index in [1.54, 1.807) is 12.1 Å². The fraction of sp³-hybridized carbons (Fsp3) is 0.611. The van der Waals surface area contributed by atoms with E-state index in [0.717, 1.165) is 37.8 Å². The van der Waals surface area contributed by atoms with Crippen molar-refractivity contribution in [3.63, 3.8) is 0 Å². The molecule has 0 aromatic heterocycles. The lowest BCUT2D eigenvalue weighted by Crippen LogP contribution is -2.35. The molecule has 2 aliphatic rings. The van der Waals surface area contributed by atoms with Gasteiger partial charge in [0.1, 0.15) is 5.82 Å². The third-order valence-corrected chi connectivity index (χ3v) is 5.22. The Balaban J connectivity index is 0.00000192. The monoisotopic (exact) mass is 340 g/mol. The molecule has 1 aromatic carbocycles. The maximum atomic E-state index is 13.5. The Bertz CT molecular complexity index is 554. The van der Waals surface area contributed by atoms with Gasteiger partial charge in [0, 0.05) is 19.0 Å². The predicted octanol–water partition coefficient (Wildman–Crippen LogP) is 3.67. The molecule has 1 saturated carbocycles. The molecule has 5 heteroatoms. The first-order valence-electron chi connectivity index (χ1n) is 8.35. The van der Waals surface area contributed by atoms with E-state index in [0.29, 0.717) is 18.3 Å². The van der Waals surface area contributed by atoms with Gasteiger partial charge >= 0.3 is 0 Å². The first-order valence-corrected chi connectivity index (χ1v) is 8.35. The van der Waals surface area contributed by atoms with Crippen LogP contribution < -0.4 is 5.73 Å². The van der Waals surface area contributed by atoms with E-state index < -0.39 is 0 Å². The molecule has 1 aromatic rings. The fourth-order valence-corrected chi connectivity index (χ4v) is 4.01. The Morgan fingerprint density at radius 3 is 2.83 bits per heavy atom. The summed E-state index contributed by atoms with van der Waals surface area (Å²) in [6, 6.07) is 6.83. The van der Waals surface area contributed by atoms with Crippen molar-refractivity contribution in [2.24, 2.45) is 17.6 Å². The van der Waals surface area contributed by atoms with Crippen LogP contribution in [0.2, 0.25) is 0 Å². The van der Waals surface area contributed by atoms with Gasteiger partial charge in [-0.3, -0.25) is 4.79 Å². The molecule has 2 N–H and O–H groups in total. The van der Waals surface area contributed by atoms with Crippen LogP contribution in [0.1, 0.15) is 50.6 Å². The summed E-state index contributed by atoms with van der Waals surface area (Å²) in [4.78, 5) is 14.7. The topological polar surface area (TPSA) is 46.3 Å². The summed E-state index contributed by atoms with van der Waals surface area (Å²) in [5, 5.41) is 0. The summed E-state index contributed by atoms with van der Waals surface area (Å²) < 4.78 is 13.5. The number of benzene rings is 1. The van der Waals surface area contributed by atoms with Crippen LogP contribution in [0.3, 0.4) is 0 Å². The van der Waals surface area contributed by atoms with E-state index in [2.05, 4.69) is 6.92 Å². The Labute approximate surface area is 143 Å². The van der Waals surface area contributed by atoms with Crippen LogP contribution in [-0.2, 0) is 4.79 Å². The highest BCUT2D eigenvalue weighted by Crippen LogP contribution is 2.37. The second-order valence-electron chi connectivity index (χ2n) is 7.02. The van der Waals surface area contributed by atoms with Gasteiger partial charge in [-0.25, -0.2) is 4.39 Å². The summed E-state index contributed by atoms with van der Waals surface area (Å²) in [6.07, 6.45) is 4.66. The van der Waals surface area contributed by atoms with Gasteiger partial charge in [-0.2, -0.15) is 0 Å². The third kappa shape index (κ3) is 4.04. The molecule has 1 heterocycles. The molecular weight excluding hydrogens is 315 g/mol. The number of hydrogen-bond acceptors (Lipinski definition) is 2. The van der Waals surface area contributed by atoms with E-state index in [4.69, 9.17) is 5.73 Å². The van der Waals surface area contributed by atoms with Crippen molar-refractivity contribution in [2.75, 3.05) is 6.54 Å². The van der Waals surface area contributed by atoms with Crippen molar-refractivity contribution >= 4 is 18.3 Å². The molecule has 3 nitrogen and oxygen atoms in total. The quantitative estimate of drug-likeness (QED) is 0.912. The molecule has 23 heavy (non-hydrogen) atoms. The Morgan fingerprint density at radius 1 is 1.39 bits per heavy atom. The van der Waals surface area contributed by atoms with E-state index in [-0.39, 0.29) is 36.2 Å². The van der Waals surface area contributed by atoms with Crippen molar-refractivity contribution in [3.8, 4) is 0 Å². The van der Waals surface area contributed by atoms with Gasteiger partial charge < -0.3 is 10.6 Å². The molecular formula is C18H26ClFN2O. The van der Waals surface area contributed by atoms with Crippen LogP contribution in [0.4, 0.5) is 4.39 Å². The largest absolute Gasteiger partial charge is 0.335 e. The van der Waals surface area contributed by atoms with E-state index in [1.165, 1.54) is 6.07 Å².